The minimum absolute atomic E-state index is 0.0114. The van der Waals surface area contributed by atoms with Gasteiger partial charge in [0.1, 0.15) is 5.82 Å². The summed E-state index contributed by atoms with van der Waals surface area (Å²) in [5, 5.41) is 0. The van der Waals surface area contributed by atoms with Gasteiger partial charge in [0.15, 0.2) is 0 Å². The summed E-state index contributed by atoms with van der Waals surface area (Å²) in [5.41, 5.74) is 6.20. The number of likely N-dealkylation sites (N-methyl/N-ethyl adjacent to an activating group) is 1. The molecule has 0 aromatic heterocycles. The standard InChI is InChI=1S/C12H17FN2O2S/c1-8(2)7-15(4)18(16,17)10-5-9(3)12(13)11(14)6-10/h5-6H,1,7,14H2,2-4H3. The molecule has 100 valence electrons. The number of nitrogens with zero attached hydrogens (tertiary/aromatic N) is 1. The highest BCUT2D eigenvalue weighted by atomic mass is 32.2. The summed E-state index contributed by atoms with van der Waals surface area (Å²) in [6, 6.07) is 2.41. The van der Waals surface area contributed by atoms with Crippen LogP contribution in [0.5, 0.6) is 0 Å². The van der Waals surface area contributed by atoms with Crippen molar-refractivity contribution in [1.29, 1.82) is 0 Å². The number of benzene rings is 1. The average molecular weight is 272 g/mol. The maximum absolute atomic E-state index is 13.4. The molecule has 0 saturated heterocycles. The van der Waals surface area contributed by atoms with Gasteiger partial charge >= 0.3 is 0 Å². The average Bonchev–Trinajstić information content (AvgIpc) is 2.24. The van der Waals surface area contributed by atoms with E-state index in [0.29, 0.717) is 5.57 Å². The van der Waals surface area contributed by atoms with Crippen molar-refractivity contribution in [1.82, 2.24) is 4.31 Å². The van der Waals surface area contributed by atoms with Gasteiger partial charge in [-0.15, -0.1) is 0 Å². The van der Waals surface area contributed by atoms with Crippen LogP contribution >= 0.6 is 0 Å². The molecule has 0 heterocycles. The van der Waals surface area contributed by atoms with Crippen molar-refractivity contribution in [3.05, 3.63) is 35.7 Å². The van der Waals surface area contributed by atoms with E-state index in [0.717, 1.165) is 10.4 Å². The number of aryl methyl sites for hydroxylation is 1. The highest BCUT2D eigenvalue weighted by Gasteiger charge is 2.22. The lowest BCUT2D eigenvalue weighted by molar-refractivity contribution is 0.492. The Morgan fingerprint density at radius 1 is 1.50 bits per heavy atom. The first-order chi connectivity index (χ1) is 8.16. The van der Waals surface area contributed by atoms with Crippen LogP contribution in [0.15, 0.2) is 29.2 Å². The van der Waals surface area contributed by atoms with Gasteiger partial charge in [0.2, 0.25) is 10.0 Å². The van der Waals surface area contributed by atoms with Crippen LogP contribution in [0, 0.1) is 12.7 Å². The van der Waals surface area contributed by atoms with Crippen LogP contribution in [0.1, 0.15) is 12.5 Å². The number of anilines is 1. The Balaban J connectivity index is 3.25. The summed E-state index contributed by atoms with van der Waals surface area (Å²) in [4.78, 5) is -0.0114. The van der Waals surface area contributed by atoms with Crippen molar-refractivity contribution < 1.29 is 12.8 Å². The fourth-order valence-electron chi connectivity index (χ4n) is 1.56. The summed E-state index contributed by atoms with van der Waals surface area (Å²) in [7, 11) is -2.23. The molecule has 0 bridgehead atoms. The Kier molecular flexibility index (Phi) is 4.13. The van der Waals surface area contributed by atoms with Gasteiger partial charge in [-0.1, -0.05) is 12.2 Å². The van der Waals surface area contributed by atoms with Gasteiger partial charge in [-0.05, 0) is 31.5 Å². The molecule has 18 heavy (non-hydrogen) atoms. The second-order valence-electron chi connectivity index (χ2n) is 4.36. The minimum atomic E-state index is -3.67. The van der Waals surface area contributed by atoms with Gasteiger partial charge in [0.25, 0.3) is 0 Å². The van der Waals surface area contributed by atoms with Crippen molar-refractivity contribution in [2.75, 3.05) is 19.3 Å². The van der Waals surface area contributed by atoms with E-state index >= 15 is 0 Å². The van der Waals surface area contributed by atoms with Gasteiger partial charge < -0.3 is 5.73 Å². The van der Waals surface area contributed by atoms with Crippen molar-refractivity contribution in [2.24, 2.45) is 0 Å². The van der Waals surface area contributed by atoms with E-state index in [2.05, 4.69) is 6.58 Å². The van der Waals surface area contributed by atoms with Crippen LogP contribution in [0.25, 0.3) is 0 Å². The molecule has 0 atom stereocenters. The van der Waals surface area contributed by atoms with Crippen LogP contribution in [0.2, 0.25) is 0 Å². The Morgan fingerprint density at radius 3 is 2.50 bits per heavy atom. The SMILES string of the molecule is C=C(C)CN(C)S(=O)(=O)c1cc(C)c(F)c(N)c1. The Hall–Kier alpha value is -1.40. The van der Waals surface area contributed by atoms with E-state index in [4.69, 9.17) is 5.73 Å². The Labute approximate surface area is 107 Å². The summed E-state index contributed by atoms with van der Waals surface area (Å²) in [6.07, 6.45) is 0. The molecule has 0 aliphatic heterocycles. The fourth-order valence-corrected chi connectivity index (χ4v) is 2.91. The number of nitrogen functional groups attached to an aromatic ring is 1. The molecule has 1 aromatic carbocycles. The molecule has 1 rings (SSSR count). The molecular formula is C12H17FN2O2S. The summed E-state index contributed by atoms with van der Waals surface area (Å²) in [5.74, 6) is -0.587. The highest BCUT2D eigenvalue weighted by molar-refractivity contribution is 7.89. The highest BCUT2D eigenvalue weighted by Crippen LogP contribution is 2.23. The predicted octanol–water partition coefficient (Wildman–Crippen LogP) is 1.91. The monoisotopic (exact) mass is 272 g/mol. The normalized spacial score (nSPS) is 11.8. The number of sulfonamides is 1. The maximum Gasteiger partial charge on any atom is 0.243 e. The maximum atomic E-state index is 13.4. The summed E-state index contributed by atoms with van der Waals surface area (Å²) < 4.78 is 38.9. The first kappa shape index (κ1) is 14.7. The second-order valence-corrected chi connectivity index (χ2v) is 6.41. The fraction of sp³-hybridized carbons (Fsp3) is 0.333. The van der Waals surface area contributed by atoms with Crippen molar-refractivity contribution in [3.63, 3.8) is 0 Å². The van der Waals surface area contributed by atoms with Crippen LogP contribution in [-0.4, -0.2) is 26.3 Å². The van der Waals surface area contributed by atoms with Gasteiger partial charge in [-0.25, -0.2) is 12.8 Å². The molecule has 6 heteroatoms. The molecule has 1 aromatic rings. The number of hydrogen-bond acceptors (Lipinski definition) is 3. The third kappa shape index (κ3) is 2.88. The summed E-state index contributed by atoms with van der Waals surface area (Å²) in [6.45, 7) is 7.08. The van der Waals surface area contributed by atoms with E-state index in [1.165, 1.54) is 20.0 Å². The zero-order chi connectivity index (χ0) is 14.1. The van der Waals surface area contributed by atoms with Gasteiger partial charge in [-0.2, -0.15) is 4.31 Å². The molecule has 2 N–H and O–H groups in total. The van der Waals surface area contributed by atoms with E-state index in [9.17, 15) is 12.8 Å². The Morgan fingerprint density at radius 2 is 2.06 bits per heavy atom. The van der Waals surface area contributed by atoms with Crippen molar-refractivity contribution in [3.8, 4) is 0 Å². The van der Waals surface area contributed by atoms with Crippen LogP contribution < -0.4 is 5.73 Å². The molecule has 0 amide bonds. The first-order valence-corrected chi connectivity index (χ1v) is 6.76. The van der Waals surface area contributed by atoms with Crippen molar-refractivity contribution in [2.45, 2.75) is 18.7 Å². The second kappa shape index (κ2) is 5.07. The van der Waals surface area contributed by atoms with Gasteiger partial charge in [0, 0.05) is 13.6 Å². The molecule has 0 aliphatic carbocycles. The van der Waals surface area contributed by atoms with E-state index in [-0.39, 0.29) is 22.7 Å². The predicted molar refractivity (Wildman–Crippen MR) is 70.2 cm³/mol. The van der Waals surface area contributed by atoms with E-state index in [1.807, 2.05) is 0 Å². The lowest BCUT2D eigenvalue weighted by Gasteiger charge is -2.18. The van der Waals surface area contributed by atoms with Crippen molar-refractivity contribution >= 4 is 15.7 Å². The van der Waals surface area contributed by atoms with Crippen LogP contribution in [-0.2, 0) is 10.0 Å². The number of hydrogen-bond donors (Lipinski definition) is 1. The first-order valence-electron chi connectivity index (χ1n) is 5.32. The third-order valence-corrected chi connectivity index (χ3v) is 4.24. The zero-order valence-corrected chi connectivity index (χ0v) is 11.5. The lowest BCUT2D eigenvalue weighted by Crippen LogP contribution is -2.28. The van der Waals surface area contributed by atoms with Gasteiger partial charge in [0.05, 0.1) is 10.6 Å². The molecule has 0 spiro atoms. The lowest BCUT2D eigenvalue weighted by atomic mass is 10.2. The molecular weight excluding hydrogens is 255 g/mol. The molecule has 0 aliphatic rings. The number of nitrogens with two attached hydrogens (primary N) is 1. The van der Waals surface area contributed by atoms with E-state index in [1.54, 1.807) is 6.92 Å². The molecule has 0 radical (unpaired) electrons. The molecule has 0 unspecified atom stereocenters. The van der Waals surface area contributed by atoms with Crippen LogP contribution in [0.3, 0.4) is 0 Å². The minimum Gasteiger partial charge on any atom is -0.396 e. The van der Waals surface area contributed by atoms with Crippen LogP contribution in [0.4, 0.5) is 10.1 Å². The largest absolute Gasteiger partial charge is 0.396 e. The smallest absolute Gasteiger partial charge is 0.243 e. The zero-order valence-electron chi connectivity index (χ0n) is 10.7. The molecule has 0 fully saturated rings. The topological polar surface area (TPSA) is 63.4 Å². The molecule has 4 nitrogen and oxygen atoms in total. The number of halogens is 1. The van der Waals surface area contributed by atoms with Gasteiger partial charge in [-0.3, -0.25) is 0 Å². The molecule has 0 saturated carbocycles. The third-order valence-electron chi connectivity index (χ3n) is 2.46. The number of rotatable bonds is 4. The Bertz CT molecular complexity index is 559. The quantitative estimate of drug-likeness (QED) is 0.672. The summed E-state index contributed by atoms with van der Waals surface area (Å²) >= 11 is 0. The van der Waals surface area contributed by atoms with E-state index < -0.39 is 15.8 Å².